The fourth-order valence-electron chi connectivity index (χ4n) is 1.22. The quantitative estimate of drug-likeness (QED) is 0.588. The summed E-state index contributed by atoms with van der Waals surface area (Å²) in [6.45, 7) is 0.444. The first-order valence-electron chi connectivity index (χ1n) is 5.44. The zero-order chi connectivity index (χ0) is 13.4. The van der Waals surface area contributed by atoms with Crippen molar-refractivity contribution in [2.24, 2.45) is 0 Å². The average molecular weight is 252 g/mol. The fourth-order valence-corrected chi connectivity index (χ4v) is 1.22. The minimum atomic E-state index is -0.881. The van der Waals surface area contributed by atoms with E-state index in [-0.39, 0.29) is 18.9 Å². The van der Waals surface area contributed by atoms with Crippen LogP contribution in [-0.2, 0) is 9.59 Å². The summed E-state index contributed by atoms with van der Waals surface area (Å²) in [5.74, 6) is -0.596. The number of carboxylic acids is 1. The van der Waals surface area contributed by atoms with Gasteiger partial charge in [0.05, 0.1) is 13.0 Å². The lowest BCUT2D eigenvalue weighted by atomic mass is 10.4. The number of nitrogens with zero attached hydrogens (tertiary/aromatic N) is 2. The lowest BCUT2D eigenvalue weighted by Crippen LogP contribution is -2.39. The predicted molar refractivity (Wildman–Crippen MR) is 65.8 cm³/mol. The van der Waals surface area contributed by atoms with Gasteiger partial charge < -0.3 is 5.11 Å². The maximum Gasteiger partial charge on any atom is 0.304 e. The molecular weight excluding hydrogens is 236 g/mol. The van der Waals surface area contributed by atoms with Crippen LogP contribution < -0.4 is 10.9 Å². The molecule has 3 N–H and O–H groups in total. The molecule has 0 aliphatic heterocycles. The van der Waals surface area contributed by atoms with Crippen molar-refractivity contribution >= 4 is 17.7 Å². The topological polar surface area (TPSA) is 94.6 Å². The van der Waals surface area contributed by atoms with E-state index < -0.39 is 5.97 Å². The van der Waals surface area contributed by atoms with Gasteiger partial charge >= 0.3 is 5.97 Å². The van der Waals surface area contributed by atoms with Gasteiger partial charge in [0.1, 0.15) is 5.82 Å². The molecule has 98 valence electrons. The van der Waals surface area contributed by atoms with Crippen LogP contribution in [0.2, 0.25) is 0 Å². The Morgan fingerprint density at radius 3 is 2.83 bits per heavy atom. The number of carbonyl (C=O) groups is 2. The van der Waals surface area contributed by atoms with E-state index in [1.807, 2.05) is 0 Å². The van der Waals surface area contributed by atoms with Gasteiger partial charge in [0.25, 0.3) is 5.91 Å². The summed E-state index contributed by atoms with van der Waals surface area (Å²) in [5.41, 5.74) is 5.14. The summed E-state index contributed by atoms with van der Waals surface area (Å²) in [6, 6.07) is 5.28. The standard InChI is InChI=1S/C11H16N4O3/c1-15(7-5-11(17)18)8-10(16)14-13-9-4-2-3-6-12-9/h2-4,6H,5,7-8H2,1H3,(H,12,13)(H,14,16)(H,17,18). The van der Waals surface area contributed by atoms with E-state index in [4.69, 9.17) is 5.11 Å². The minimum Gasteiger partial charge on any atom is -0.481 e. The van der Waals surface area contributed by atoms with E-state index in [1.54, 1.807) is 36.3 Å². The SMILES string of the molecule is CN(CCC(=O)O)CC(=O)NNc1ccccn1. The van der Waals surface area contributed by atoms with Gasteiger partial charge in [-0.2, -0.15) is 0 Å². The largest absolute Gasteiger partial charge is 0.481 e. The number of hydrogen-bond donors (Lipinski definition) is 3. The van der Waals surface area contributed by atoms with E-state index >= 15 is 0 Å². The molecule has 0 spiro atoms. The third-order valence-corrected chi connectivity index (χ3v) is 2.12. The number of hydrazine groups is 1. The van der Waals surface area contributed by atoms with Gasteiger partial charge in [-0.3, -0.25) is 25.3 Å². The van der Waals surface area contributed by atoms with Crippen LogP contribution in [0.4, 0.5) is 5.82 Å². The summed E-state index contributed by atoms with van der Waals surface area (Å²) in [4.78, 5) is 27.4. The second-order valence-electron chi connectivity index (χ2n) is 3.77. The Kier molecular flexibility index (Phi) is 5.59. The van der Waals surface area contributed by atoms with Crippen LogP contribution >= 0.6 is 0 Å². The Hall–Kier alpha value is -2.15. The molecule has 1 amide bonds. The highest BCUT2D eigenvalue weighted by Crippen LogP contribution is 1.96. The summed E-state index contributed by atoms with van der Waals surface area (Å²) in [6.07, 6.45) is 1.62. The maximum absolute atomic E-state index is 11.5. The van der Waals surface area contributed by atoms with E-state index in [0.29, 0.717) is 12.4 Å². The number of aliphatic carboxylic acids is 1. The molecule has 7 heteroatoms. The van der Waals surface area contributed by atoms with Gasteiger partial charge in [0.15, 0.2) is 0 Å². The summed E-state index contributed by atoms with van der Waals surface area (Å²) >= 11 is 0. The number of pyridine rings is 1. The van der Waals surface area contributed by atoms with Crippen molar-refractivity contribution in [3.8, 4) is 0 Å². The van der Waals surface area contributed by atoms with Crippen LogP contribution in [0.5, 0.6) is 0 Å². The fraction of sp³-hybridized carbons (Fsp3) is 0.364. The Morgan fingerprint density at radius 2 is 2.22 bits per heavy atom. The number of aromatic nitrogens is 1. The van der Waals surface area contributed by atoms with E-state index in [0.717, 1.165) is 0 Å². The first-order chi connectivity index (χ1) is 8.58. The average Bonchev–Trinajstić information content (AvgIpc) is 2.35. The Bertz CT molecular complexity index is 397. The highest BCUT2D eigenvalue weighted by molar-refractivity contribution is 5.79. The predicted octanol–water partition coefficient (Wildman–Crippen LogP) is -0.0688. The lowest BCUT2D eigenvalue weighted by Gasteiger charge is -2.15. The molecule has 18 heavy (non-hydrogen) atoms. The minimum absolute atomic E-state index is 0.0114. The van der Waals surface area contributed by atoms with Crippen LogP contribution in [-0.4, -0.2) is 47.0 Å². The van der Waals surface area contributed by atoms with Crippen molar-refractivity contribution in [2.45, 2.75) is 6.42 Å². The van der Waals surface area contributed by atoms with Crippen molar-refractivity contribution in [3.05, 3.63) is 24.4 Å². The molecular formula is C11H16N4O3. The molecule has 0 atom stereocenters. The summed E-state index contributed by atoms with van der Waals surface area (Å²) in [7, 11) is 1.68. The van der Waals surface area contributed by atoms with Gasteiger partial charge in [0.2, 0.25) is 0 Å². The van der Waals surface area contributed by atoms with E-state index in [1.165, 1.54) is 0 Å². The monoisotopic (exact) mass is 252 g/mol. The van der Waals surface area contributed by atoms with Crippen molar-refractivity contribution in [2.75, 3.05) is 25.6 Å². The highest BCUT2D eigenvalue weighted by atomic mass is 16.4. The molecule has 0 fully saturated rings. The third-order valence-electron chi connectivity index (χ3n) is 2.12. The molecule has 7 nitrogen and oxygen atoms in total. The Labute approximate surface area is 105 Å². The highest BCUT2D eigenvalue weighted by Gasteiger charge is 2.07. The van der Waals surface area contributed by atoms with Crippen molar-refractivity contribution in [3.63, 3.8) is 0 Å². The molecule has 1 aromatic rings. The van der Waals surface area contributed by atoms with E-state index in [2.05, 4.69) is 15.8 Å². The molecule has 0 radical (unpaired) electrons. The molecule has 1 heterocycles. The van der Waals surface area contributed by atoms with Gasteiger partial charge in [0, 0.05) is 12.7 Å². The van der Waals surface area contributed by atoms with Crippen LogP contribution in [0.1, 0.15) is 6.42 Å². The van der Waals surface area contributed by atoms with Gasteiger partial charge in [-0.15, -0.1) is 0 Å². The van der Waals surface area contributed by atoms with Crippen LogP contribution in [0.25, 0.3) is 0 Å². The van der Waals surface area contributed by atoms with Crippen LogP contribution in [0.3, 0.4) is 0 Å². The Balaban J connectivity index is 2.23. The second kappa shape index (κ2) is 7.23. The van der Waals surface area contributed by atoms with Crippen molar-refractivity contribution in [1.82, 2.24) is 15.3 Å². The number of likely N-dealkylation sites (N-methyl/N-ethyl adjacent to an activating group) is 1. The Morgan fingerprint density at radius 1 is 1.44 bits per heavy atom. The molecule has 0 aliphatic rings. The number of nitrogens with one attached hydrogen (secondary N) is 2. The van der Waals surface area contributed by atoms with Gasteiger partial charge in [-0.1, -0.05) is 6.07 Å². The maximum atomic E-state index is 11.5. The summed E-state index contributed by atoms with van der Waals surface area (Å²) < 4.78 is 0. The number of carbonyl (C=O) groups excluding carboxylic acids is 1. The smallest absolute Gasteiger partial charge is 0.304 e. The molecule has 0 bridgehead atoms. The van der Waals surface area contributed by atoms with Gasteiger partial charge in [-0.05, 0) is 19.2 Å². The number of amides is 1. The van der Waals surface area contributed by atoms with Gasteiger partial charge in [-0.25, -0.2) is 4.98 Å². The molecule has 0 saturated heterocycles. The second-order valence-corrected chi connectivity index (χ2v) is 3.77. The molecule has 0 aliphatic carbocycles. The summed E-state index contributed by atoms with van der Waals surface area (Å²) in [5, 5.41) is 8.50. The first-order valence-corrected chi connectivity index (χ1v) is 5.44. The molecule has 1 aromatic heterocycles. The first kappa shape index (κ1) is 13.9. The zero-order valence-electron chi connectivity index (χ0n) is 10.1. The van der Waals surface area contributed by atoms with Crippen LogP contribution in [0, 0.1) is 0 Å². The number of carboxylic acid groups (broad SMARTS) is 1. The molecule has 0 unspecified atom stereocenters. The van der Waals surface area contributed by atoms with Crippen molar-refractivity contribution < 1.29 is 14.7 Å². The van der Waals surface area contributed by atoms with E-state index in [9.17, 15) is 9.59 Å². The van der Waals surface area contributed by atoms with Crippen molar-refractivity contribution in [1.29, 1.82) is 0 Å². The van der Waals surface area contributed by atoms with Crippen LogP contribution in [0.15, 0.2) is 24.4 Å². The number of hydrogen-bond acceptors (Lipinski definition) is 5. The normalized spacial score (nSPS) is 10.1. The third kappa shape index (κ3) is 5.80. The zero-order valence-corrected chi connectivity index (χ0v) is 10.1. The number of rotatable bonds is 7. The number of anilines is 1. The molecule has 0 aromatic carbocycles. The molecule has 1 rings (SSSR count). The lowest BCUT2D eigenvalue weighted by molar-refractivity contribution is -0.137. The molecule has 0 saturated carbocycles.